The molecule has 0 saturated heterocycles. The van der Waals surface area contributed by atoms with Gasteiger partial charge in [-0.15, -0.1) is 0 Å². The van der Waals surface area contributed by atoms with Crippen molar-refractivity contribution in [3.05, 3.63) is 0 Å². The highest BCUT2D eigenvalue weighted by atomic mass is 16.5. The van der Waals surface area contributed by atoms with Crippen LogP contribution in [0.1, 0.15) is 52.4 Å². The molecule has 0 aliphatic heterocycles. The van der Waals surface area contributed by atoms with Gasteiger partial charge in [0.25, 0.3) is 0 Å². The van der Waals surface area contributed by atoms with Crippen LogP contribution < -0.4 is 0 Å². The van der Waals surface area contributed by atoms with Gasteiger partial charge in [0.05, 0.1) is 6.61 Å². The number of hydrogen-bond donors (Lipinski definition) is 0. The molecule has 0 aromatic rings. The standard InChI is InChI=1S/C15H26O6/c1-12(16)13(2)21-15(18)9-7-11-20-14(17)8-5-4-6-10-19-3/h13H,4-11H2,1-3H3. The van der Waals surface area contributed by atoms with Gasteiger partial charge >= 0.3 is 11.9 Å². The lowest BCUT2D eigenvalue weighted by Crippen LogP contribution is -2.22. The van der Waals surface area contributed by atoms with Gasteiger partial charge in [-0.25, -0.2) is 0 Å². The Morgan fingerprint density at radius 1 is 0.905 bits per heavy atom. The Morgan fingerprint density at radius 3 is 2.19 bits per heavy atom. The number of ketones is 1. The molecule has 21 heavy (non-hydrogen) atoms. The maximum atomic E-state index is 11.4. The molecule has 0 rings (SSSR count). The third kappa shape index (κ3) is 12.1. The Labute approximate surface area is 126 Å². The minimum atomic E-state index is -0.716. The summed E-state index contributed by atoms with van der Waals surface area (Å²) >= 11 is 0. The van der Waals surface area contributed by atoms with Crippen molar-refractivity contribution in [2.45, 2.75) is 58.5 Å². The van der Waals surface area contributed by atoms with Crippen LogP contribution in [0.2, 0.25) is 0 Å². The van der Waals surface area contributed by atoms with Gasteiger partial charge in [-0.2, -0.15) is 0 Å². The third-order valence-electron chi connectivity index (χ3n) is 2.90. The van der Waals surface area contributed by atoms with Crippen molar-refractivity contribution in [1.82, 2.24) is 0 Å². The van der Waals surface area contributed by atoms with Crippen LogP contribution in [-0.4, -0.2) is 44.1 Å². The largest absolute Gasteiger partial charge is 0.466 e. The molecule has 0 heterocycles. The number of carbonyl (C=O) groups is 3. The van der Waals surface area contributed by atoms with Gasteiger partial charge in [-0.3, -0.25) is 14.4 Å². The average molecular weight is 302 g/mol. The van der Waals surface area contributed by atoms with Crippen LogP contribution in [0.4, 0.5) is 0 Å². The van der Waals surface area contributed by atoms with E-state index in [1.165, 1.54) is 13.8 Å². The lowest BCUT2D eigenvalue weighted by molar-refractivity contribution is -0.154. The van der Waals surface area contributed by atoms with Gasteiger partial charge in [-0.1, -0.05) is 6.42 Å². The number of rotatable bonds is 12. The highest BCUT2D eigenvalue weighted by Gasteiger charge is 2.13. The molecule has 0 saturated carbocycles. The summed E-state index contributed by atoms with van der Waals surface area (Å²) in [5, 5.41) is 0. The third-order valence-corrected chi connectivity index (χ3v) is 2.90. The first-order chi connectivity index (χ1) is 9.97. The SMILES string of the molecule is COCCCCCC(=O)OCCCC(=O)OC(C)C(C)=O. The predicted octanol–water partition coefficient (Wildman–Crippen LogP) is 2.04. The van der Waals surface area contributed by atoms with Gasteiger partial charge in [0.15, 0.2) is 11.9 Å². The smallest absolute Gasteiger partial charge is 0.306 e. The fraction of sp³-hybridized carbons (Fsp3) is 0.800. The van der Waals surface area contributed by atoms with E-state index < -0.39 is 12.1 Å². The van der Waals surface area contributed by atoms with Crippen molar-refractivity contribution in [3.63, 3.8) is 0 Å². The highest BCUT2D eigenvalue weighted by Crippen LogP contribution is 2.03. The van der Waals surface area contributed by atoms with Crippen molar-refractivity contribution in [3.8, 4) is 0 Å². The maximum Gasteiger partial charge on any atom is 0.306 e. The number of methoxy groups -OCH3 is 1. The highest BCUT2D eigenvalue weighted by molar-refractivity contribution is 5.83. The predicted molar refractivity (Wildman–Crippen MR) is 76.8 cm³/mol. The van der Waals surface area contributed by atoms with Gasteiger partial charge in [0.1, 0.15) is 0 Å². The number of carbonyl (C=O) groups excluding carboxylic acids is 3. The topological polar surface area (TPSA) is 78.9 Å². The zero-order valence-electron chi connectivity index (χ0n) is 13.2. The van der Waals surface area contributed by atoms with E-state index in [1.807, 2.05) is 0 Å². The Hall–Kier alpha value is -1.43. The zero-order chi connectivity index (χ0) is 16.1. The molecule has 6 nitrogen and oxygen atoms in total. The van der Waals surface area contributed by atoms with Crippen molar-refractivity contribution >= 4 is 17.7 Å². The monoisotopic (exact) mass is 302 g/mol. The minimum absolute atomic E-state index is 0.138. The summed E-state index contributed by atoms with van der Waals surface area (Å²) < 4.78 is 14.8. The van der Waals surface area contributed by atoms with Crippen molar-refractivity contribution < 1.29 is 28.6 Å². The molecule has 6 heteroatoms. The molecule has 0 aromatic heterocycles. The zero-order valence-corrected chi connectivity index (χ0v) is 13.2. The molecule has 1 atom stereocenters. The van der Waals surface area contributed by atoms with Gasteiger partial charge in [-0.05, 0) is 33.1 Å². The Bertz CT molecular complexity index is 326. The van der Waals surface area contributed by atoms with Crippen LogP contribution in [0.3, 0.4) is 0 Å². The second-order valence-corrected chi connectivity index (χ2v) is 4.87. The normalized spacial score (nSPS) is 11.8. The molecule has 1 unspecified atom stereocenters. The first kappa shape index (κ1) is 19.6. The summed E-state index contributed by atoms with van der Waals surface area (Å²) in [6.07, 6.45) is 2.85. The first-order valence-electron chi connectivity index (χ1n) is 7.32. The molecule has 0 radical (unpaired) electrons. The van der Waals surface area contributed by atoms with Crippen molar-refractivity contribution in [2.24, 2.45) is 0 Å². The van der Waals surface area contributed by atoms with E-state index in [2.05, 4.69) is 0 Å². The molecule has 0 fully saturated rings. The summed E-state index contributed by atoms with van der Waals surface area (Å²) in [7, 11) is 1.65. The first-order valence-corrected chi connectivity index (χ1v) is 7.32. The summed E-state index contributed by atoms with van der Waals surface area (Å²) in [5.41, 5.74) is 0. The molecule has 0 bridgehead atoms. The average Bonchev–Trinajstić information content (AvgIpc) is 2.43. The molecule has 0 N–H and O–H groups in total. The van der Waals surface area contributed by atoms with Gasteiger partial charge in [0, 0.05) is 26.6 Å². The number of esters is 2. The Kier molecular flexibility index (Phi) is 11.5. The van der Waals surface area contributed by atoms with E-state index in [-0.39, 0.29) is 24.8 Å². The van der Waals surface area contributed by atoms with E-state index in [9.17, 15) is 14.4 Å². The van der Waals surface area contributed by atoms with E-state index in [0.29, 0.717) is 19.4 Å². The Balaban J connectivity index is 3.51. The summed E-state index contributed by atoms with van der Waals surface area (Å²) in [5.74, 6) is -0.894. The molecule has 0 aliphatic carbocycles. The molecule has 0 spiro atoms. The fourth-order valence-corrected chi connectivity index (χ4v) is 1.51. The second kappa shape index (κ2) is 12.3. The van der Waals surface area contributed by atoms with Crippen LogP contribution in [0.25, 0.3) is 0 Å². The van der Waals surface area contributed by atoms with E-state index in [0.717, 1.165) is 19.3 Å². The minimum Gasteiger partial charge on any atom is -0.466 e. The van der Waals surface area contributed by atoms with Crippen molar-refractivity contribution in [2.75, 3.05) is 20.3 Å². The number of ether oxygens (including phenoxy) is 3. The van der Waals surface area contributed by atoms with E-state index in [4.69, 9.17) is 14.2 Å². The van der Waals surface area contributed by atoms with Crippen LogP contribution in [0.5, 0.6) is 0 Å². The van der Waals surface area contributed by atoms with Crippen LogP contribution >= 0.6 is 0 Å². The summed E-state index contributed by atoms with van der Waals surface area (Å²) in [6.45, 7) is 3.80. The molecule has 122 valence electrons. The lowest BCUT2D eigenvalue weighted by atomic mass is 10.2. The molecular formula is C15H26O6. The number of hydrogen-bond acceptors (Lipinski definition) is 6. The second-order valence-electron chi connectivity index (χ2n) is 4.87. The van der Waals surface area contributed by atoms with Gasteiger partial charge in [0.2, 0.25) is 0 Å². The maximum absolute atomic E-state index is 11.4. The van der Waals surface area contributed by atoms with E-state index >= 15 is 0 Å². The molecule has 0 aliphatic rings. The molecular weight excluding hydrogens is 276 g/mol. The van der Waals surface area contributed by atoms with Crippen LogP contribution in [-0.2, 0) is 28.6 Å². The Morgan fingerprint density at radius 2 is 1.57 bits per heavy atom. The summed E-state index contributed by atoms with van der Waals surface area (Å²) in [4.78, 5) is 33.6. The summed E-state index contributed by atoms with van der Waals surface area (Å²) in [6, 6.07) is 0. The number of Topliss-reactive ketones (excluding diaryl/α,β-unsaturated/α-hetero) is 1. The number of unbranched alkanes of at least 4 members (excludes halogenated alkanes) is 2. The van der Waals surface area contributed by atoms with Crippen LogP contribution in [0.15, 0.2) is 0 Å². The quantitative estimate of drug-likeness (QED) is 0.405. The molecule has 0 amide bonds. The lowest BCUT2D eigenvalue weighted by Gasteiger charge is -2.09. The fourth-order valence-electron chi connectivity index (χ4n) is 1.51. The van der Waals surface area contributed by atoms with E-state index in [1.54, 1.807) is 7.11 Å². The van der Waals surface area contributed by atoms with Crippen LogP contribution in [0, 0.1) is 0 Å². The van der Waals surface area contributed by atoms with Gasteiger partial charge < -0.3 is 14.2 Å². The molecule has 0 aromatic carbocycles. The van der Waals surface area contributed by atoms with Crippen molar-refractivity contribution in [1.29, 1.82) is 0 Å².